The SMILES string of the molecule is C1CC2CC12.O=[SH](=O)O. The summed E-state index contributed by atoms with van der Waals surface area (Å²) in [6, 6.07) is 0. The van der Waals surface area contributed by atoms with Gasteiger partial charge < -0.3 is 0 Å². The Bertz CT molecular complexity index is 144. The van der Waals surface area contributed by atoms with Gasteiger partial charge in [0.05, 0.1) is 0 Å². The smallest absolute Gasteiger partial charge is 0.254 e. The Labute approximate surface area is 55.9 Å². The third-order valence-corrected chi connectivity index (χ3v) is 1.98. The minimum atomic E-state index is -3.12. The van der Waals surface area contributed by atoms with E-state index >= 15 is 0 Å². The summed E-state index contributed by atoms with van der Waals surface area (Å²) in [5.41, 5.74) is 0. The molecule has 54 valence electrons. The van der Waals surface area contributed by atoms with Gasteiger partial charge in [-0.15, -0.1) is 0 Å². The van der Waals surface area contributed by atoms with Gasteiger partial charge in [-0.05, 0) is 31.1 Å². The summed E-state index contributed by atoms with van der Waals surface area (Å²) in [5.74, 6) is 2.46. The monoisotopic (exact) mass is 150 g/mol. The van der Waals surface area contributed by atoms with Gasteiger partial charge >= 0.3 is 0 Å². The van der Waals surface area contributed by atoms with Gasteiger partial charge in [0.1, 0.15) is 0 Å². The van der Waals surface area contributed by atoms with E-state index in [-0.39, 0.29) is 0 Å². The maximum atomic E-state index is 8.59. The topological polar surface area (TPSA) is 54.4 Å². The van der Waals surface area contributed by atoms with Crippen LogP contribution in [0.3, 0.4) is 0 Å². The first-order valence-electron chi connectivity index (χ1n) is 3.03. The zero-order chi connectivity index (χ0) is 6.85. The van der Waals surface area contributed by atoms with E-state index in [0.29, 0.717) is 0 Å². The van der Waals surface area contributed by atoms with Gasteiger partial charge in [-0.1, -0.05) is 0 Å². The second kappa shape index (κ2) is 2.66. The molecule has 1 N–H and O–H groups in total. The number of fused-ring (bicyclic) bond motifs is 1. The van der Waals surface area contributed by atoms with Crippen molar-refractivity contribution in [3.05, 3.63) is 0 Å². The minimum Gasteiger partial charge on any atom is -0.288 e. The minimum absolute atomic E-state index is 1.23. The summed E-state index contributed by atoms with van der Waals surface area (Å²) in [6.45, 7) is 0. The van der Waals surface area contributed by atoms with E-state index in [1.54, 1.807) is 19.3 Å². The molecule has 0 aromatic carbocycles. The zero-order valence-corrected chi connectivity index (χ0v) is 5.88. The Morgan fingerprint density at radius 2 is 1.56 bits per heavy atom. The van der Waals surface area contributed by atoms with E-state index < -0.39 is 11.0 Å². The number of thiol groups is 1. The van der Waals surface area contributed by atoms with Crippen LogP contribution in [-0.2, 0) is 11.0 Å². The van der Waals surface area contributed by atoms with E-state index in [1.165, 1.54) is 11.8 Å². The van der Waals surface area contributed by atoms with Crippen LogP contribution in [0.4, 0.5) is 0 Å². The second-order valence-electron chi connectivity index (χ2n) is 2.57. The maximum Gasteiger partial charge on any atom is 0.254 e. The third-order valence-electron chi connectivity index (χ3n) is 1.98. The van der Waals surface area contributed by atoms with Crippen LogP contribution >= 0.6 is 0 Å². The lowest BCUT2D eigenvalue weighted by molar-refractivity contribution is 0.468. The van der Waals surface area contributed by atoms with Gasteiger partial charge in [0.15, 0.2) is 0 Å². The maximum absolute atomic E-state index is 8.59. The van der Waals surface area contributed by atoms with Crippen molar-refractivity contribution in [1.29, 1.82) is 0 Å². The van der Waals surface area contributed by atoms with Crippen molar-refractivity contribution in [2.45, 2.75) is 19.3 Å². The molecule has 0 radical (unpaired) electrons. The predicted octanol–water partition coefficient (Wildman–Crippen LogP) is 0.487. The highest BCUT2D eigenvalue weighted by atomic mass is 32.2. The van der Waals surface area contributed by atoms with Crippen molar-refractivity contribution in [2.75, 3.05) is 0 Å². The standard InChI is InChI=1S/C5H8.H2O3S/c1-2-5-3-4(1)5;1-4(2)3/h4-5H,1-3H2;4H,(H,1,2,3). The molecular weight excluding hydrogens is 140 g/mol. The van der Waals surface area contributed by atoms with Gasteiger partial charge in [0.2, 0.25) is 0 Å². The fourth-order valence-electron chi connectivity index (χ4n) is 1.18. The molecule has 3 nitrogen and oxygen atoms in total. The van der Waals surface area contributed by atoms with E-state index in [2.05, 4.69) is 0 Å². The number of rotatable bonds is 0. The molecule has 2 fully saturated rings. The lowest BCUT2D eigenvalue weighted by Gasteiger charge is -2.04. The fraction of sp³-hybridized carbons (Fsp3) is 1.00. The van der Waals surface area contributed by atoms with Crippen molar-refractivity contribution < 1.29 is 13.0 Å². The average molecular weight is 150 g/mol. The Morgan fingerprint density at radius 3 is 1.56 bits per heavy atom. The second-order valence-corrected chi connectivity index (χ2v) is 3.05. The van der Waals surface area contributed by atoms with Crippen LogP contribution in [0.15, 0.2) is 0 Å². The van der Waals surface area contributed by atoms with Gasteiger partial charge in [-0.2, -0.15) is 0 Å². The van der Waals surface area contributed by atoms with E-state index in [9.17, 15) is 0 Å². The molecule has 0 amide bonds. The summed E-state index contributed by atoms with van der Waals surface area (Å²) in [4.78, 5) is 0. The third kappa shape index (κ3) is 2.32. The molecule has 9 heavy (non-hydrogen) atoms. The average Bonchev–Trinajstić information content (AvgIpc) is 2.10. The van der Waals surface area contributed by atoms with Crippen molar-refractivity contribution in [1.82, 2.24) is 0 Å². The summed E-state index contributed by atoms with van der Waals surface area (Å²) >= 11 is 0. The Kier molecular flexibility index (Phi) is 2.08. The van der Waals surface area contributed by atoms with Crippen LogP contribution in [-0.4, -0.2) is 13.0 Å². The van der Waals surface area contributed by atoms with Crippen LogP contribution in [0.5, 0.6) is 0 Å². The normalized spacial score (nSPS) is 35.8. The molecule has 0 heterocycles. The summed E-state index contributed by atoms with van der Waals surface area (Å²) < 4.78 is 24.2. The molecule has 2 rings (SSSR count). The zero-order valence-electron chi connectivity index (χ0n) is 4.99. The molecule has 2 atom stereocenters. The molecule has 2 aliphatic rings. The molecule has 0 aliphatic heterocycles. The summed E-state index contributed by atoms with van der Waals surface area (Å²) in [5, 5.41) is 0. The lowest BCUT2D eigenvalue weighted by atomic mass is 10.0. The van der Waals surface area contributed by atoms with Gasteiger partial charge in [-0.25, -0.2) is 8.42 Å². The first kappa shape index (κ1) is 7.02. The molecule has 2 saturated carbocycles. The van der Waals surface area contributed by atoms with E-state index in [1.807, 2.05) is 0 Å². The predicted molar refractivity (Wildman–Crippen MR) is 33.8 cm³/mol. The van der Waals surface area contributed by atoms with Crippen LogP contribution in [0, 0.1) is 11.8 Å². The van der Waals surface area contributed by atoms with E-state index in [4.69, 9.17) is 13.0 Å². The number of hydrogen-bond acceptors (Lipinski definition) is 2. The molecule has 4 heteroatoms. The van der Waals surface area contributed by atoms with Crippen molar-refractivity contribution in [3.8, 4) is 0 Å². The van der Waals surface area contributed by atoms with Crippen LogP contribution in [0.2, 0.25) is 0 Å². The number of hydrogen-bond donors (Lipinski definition) is 2. The van der Waals surface area contributed by atoms with Gasteiger partial charge in [-0.3, -0.25) is 4.55 Å². The summed E-state index contributed by atoms with van der Waals surface area (Å²) in [6.07, 6.45) is 4.70. The molecule has 2 unspecified atom stereocenters. The first-order valence-corrected chi connectivity index (χ1v) is 4.16. The quantitative estimate of drug-likeness (QED) is 0.390. The summed E-state index contributed by atoms with van der Waals surface area (Å²) in [7, 11) is -3.12. The van der Waals surface area contributed by atoms with Crippen molar-refractivity contribution in [3.63, 3.8) is 0 Å². The molecule has 0 spiro atoms. The lowest BCUT2D eigenvalue weighted by Crippen LogP contribution is -1.93. The Morgan fingerprint density at radius 1 is 1.22 bits per heavy atom. The highest BCUT2D eigenvalue weighted by molar-refractivity contribution is 7.66. The molecular formula is C5H10O3S. The van der Waals surface area contributed by atoms with Crippen LogP contribution in [0.25, 0.3) is 0 Å². The van der Waals surface area contributed by atoms with Gasteiger partial charge in [0.25, 0.3) is 11.0 Å². The Hall–Kier alpha value is -0.0900. The highest BCUT2D eigenvalue weighted by Crippen LogP contribution is 2.55. The van der Waals surface area contributed by atoms with Crippen LogP contribution in [0.1, 0.15) is 19.3 Å². The highest BCUT2D eigenvalue weighted by Gasteiger charge is 2.44. The largest absolute Gasteiger partial charge is 0.288 e. The van der Waals surface area contributed by atoms with Crippen molar-refractivity contribution >= 4 is 11.0 Å². The van der Waals surface area contributed by atoms with Crippen LogP contribution < -0.4 is 0 Å². The molecule has 0 saturated heterocycles. The van der Waals surface area contributed by atoms with Gasteiger partial charge in [0, 0.05) is 0 Å². The molecule has 2 aliphatic carbocycles. The molecule has 0 aromatic heterocycles. The van der Waals surface area contributed by atoms with Crippen molar-refractivity contribution in [2.24, 2.45) is 11.8 Å². The van der Waals surface area contributed by atoms with E-state index in [0.717, 1.165) is 0 Å². The Balaban J connectivity index is 0.0000000945. The fourth-order valence-corrected chi connectivity index (χ4v) is 1.18. The molecule has 0 bridgehead atoms. The molecule has 0 aromatic rings. The first-order chi connectivity index (χ1) is 4.20.